The number of amides is 2. The van der Waals surface area contributed by atoms with E-state index in [1.807, 2.05) is 42.5 Å². The normalized spacial score (nSPS) is 10.3. The summed E-state index contributed by atoms with van der Waals surface area (Å²) in [4.78, 5) is 32.6. The molecule has 0 saturated heterocycles. The molecular formula is C33H36N4O3S. The van der Waals surface area contributed by atoms with Crippen molar-refractivity contribution < 1.29 is 14.4 Å². The molecule has 0 radical (unpaired) electrons. The fraction of sp³-hybridized carbons (Fsp3) is 0.152. The van der Waals surface area contributed by atoms with Crippen molar-refractivity contribution >= 4 is 30.9 Å². The highest BCUT2D eigenvalue weighted by molar-refractivity contribution is 7.08. The van der Waals surface area contributed by atoms with Crippen molar-refractivity contribution in [3.8, 4) is 16.8 Å². The topological polar surface area (TPSA) is 93.1 Å². The number of aryl methyl sites for hydroxylation is 2. The first-order valence-electron chi connectivity index (χ1n) is 12.8. The first-order chi connectivity index (χ1) is 20.0. The lowest BCUT2D eigenvalue weighted by Crippen LogP contribution is -2.37. The minimum absolute atomic E-state index is 0.228. The van der Waals surface area contributed by atoms with Gasteiger partial charge in [0.1, 0.15) is 19.4 Å². The Morgan fingerprint density at radius 1 is 0.854 bits per heavy atom. The van der Waals surface area contributed by atoms with Gasteiger partial charge < -0.3 is 24.8 Å². The van der Waals surface area contributed by atoms with Crippen LogP contribution >= 0.6 is 11.3 Å². The van der Waals surface area contributed by atoms with Gasteiger partial charge in [0.2, 0.25) is 0 Å². The molecule has 1 atom stereocenters. The Bertz CT molecular complexity index is 1410. The minimum Gasteiger partial charge on any atom is -0.341 e. The lowest BCUT2D eigenvalue weighted by atomic mass is 10.0. The summed E-state index contributed by atoms with van der Waals surface area (Å²) in [5.41, 5.74) is 7.28. The van der Waals surface area contributed by atoms with Crippen molar-refractivity contribution in [3.05, 3.63) is 131 Å². The van der Waals surface area contributed by atoms with Gasteiger partial charge >= 0.3 is 6.03 Å². The summed E-state index contributed by atoms with van der Waals surface area (Å²) in [6.45, 7) is 8.24. The van der Waals surface area contributed by atoms with Crippen LogP contribution in [0.1, 0.15) is 28.6 Å². The fourth-order valence-electron chi connectivity index (χ4n) is 3.98. The molecule has 5 rings (SSSR count). The van der Waals surface area contributed by atoms with Gasteiger partial charge in [0.15, 0.2) is 0 Å². The average molecular weight is 569 g/mol. The Morgan fingerprint density at radius 2 is 1.46 bits per heavy atom. The average Bonchev–Trinajstić information content (AvgIpc) is 3.75. The van der Waals surface area contributed by atoms with Crippen molar-refractivity contribution in [2.75, 3.05) is 7.05 Å². The molecule has 0 bridgehead atoms. The predicted molar refractivity (Wildman–Crippen MR) is 168 cm³/mol. The van der Waals surface area contributed by atoms with Gasteiger partial charge in [-0.3, -0.25) is 0 Å². The zero-order valence-electron chi connectivity index (χ0n) is 23.6. The Morgan fingerprint density at radius 3 is 2.00 bits per heavy atom. The van der Waals surface area contributed by atoms with Crippen LogP contribution in [0.15, 0.2) is 108 Å². The van der Waals surface area contributed by atoms with E-state index in [0.29, 0.717) is 6.42 Å². The fourth-order valence-corrected chi connectivity index (χ4v) is 4.65. The molecular weight excluding hydrogens is 532 g/mol. The first kappa shape index (κ1) is 32.4. The Hall–Kier alpha value is -4.82. The van der Waals surface area contributed by atoms with Gasteiger partial charge in [-0.1, -0.05) is 66.7 Å². The number of hydrogen-bond acceptors (Lipinski definition) is 5. The summed E-state index contributed by atoms with van der Waals surface area (Å²) < 4.78 is 2.03. The number of nitrogens with one attached hydrogen (secondary N) is 2. The van der Waals surface area contributed by atoms with E-state index < -0.39 is 0 Å². The molecule has 2 heterocycles. The third-order valence-electron chi connectivity index (χ3n) is 6.22. The number of rotatable bonds is 6. The molecule has 0 saturated carbocycles. The highest BCUT2D eigenvalue weighted by atomic mass is 32.1. The Kier molecular flexibility index (Phi) is 14.0. The van der Waals surface area contributed by atoms with Gasteiger partial charge in [0.25, 0.3) is 0 Å². The summed E-state index contributed by atoms with van der Waals surface area (Å²) in [6, 6.07) is 28.5. The van der Waals surface area contributed by atoms with E-state index in [2.05, 4.69) is 107 Å². The summed E-state index contributed by atoms with van der Waals surface area (Å²) in [7, 11) is 1.62. The second-order valence-corrected chi connectivity index (χ2v) is 9.54. The number of carbonyl (C=O) groups excluding carboxylic acids is 3. The highest BCUT2D eigenvalue weighted by Crippen LogP contribution is 2.25. The van der Waals surface area contributed by atoms with Gasteiger partial charge in [-0.15, -0.1) is 0 Å². The van der Waals surface area contributed by atoms with E-state index in [9.17, 15) is 4.79 Å². The number of urea groups is 1. The summed E-state index contributed by atoms with van der Waals surface area (Å²) >= 11 is 1.69. The van der Waals surface area contributed by atoms with Gasteiger partial charge in [0, 0.05) is 25.1 Å². The number of nitrogens with zero attached hydrogens (tertiary/aromatic N) is 2. The van der Waals surface area contributed by atoms with Crippen LogP contribution in [0.2, 0.25) is 0 Å². The Balaban J connectivity index is 0.000000414. The number of carbonyl (C=O) groups is 3. The number of thiophene rings is 1. The maximum atomic E-state index is 12.1. The largest absolute Gasteiger partial charge is 0.341 e. The van der Waals surface area contributed by atoms with Gasteiger partial charge in [-0.05, 0) is 77.0 Å². The molecule has 2 amide bonds. The van der Waals surface area contributed by atoms with Crippen molar-refractivity contribution in [2.24, 2.45) is 0 Å². The molecule has 0 aliphatic rings. The Labute approximate surface area is 245 Å². The summed E-state index contributed by atoms with van der Waals surface area (Å²) in [5.74, 6) is 0.792. The monoisotopic (exact) mass is 568 g/mol. The molecule has 0 spiro atoms. The summed E-state index contributed by atoms with van der Waals surface area (Å²) in [5, 5.41) is 9.89. The molecule has 8 heteroatoms. The second-order valence-electron chi connectivity index (χ2n) is 8.76. The maximum Gasteiger partial charge on any atom is 0.315 e. The molecule has 41 heavy (non-hydrogen) atoms. The molecule has 0 aliphatic heterocycles. The predicted octanol–water partition coefficient (Wildman–Crippen LogP) is 6.75. The van der Waals surface area contributed by atoms with E-state index in [-0.39, 0.29) is 12.1 Å². The maximum absolute atomic E-state index is 12.1. The van der Waals surface area contributed by atoms with Gasteiger partial charge in [-0.2, -0.15) is 11.3 Å². The molecule has 1 unspecified atom stereocenters. The van der Waals surface area contributed by atoms with Crippen LogP contribution in [-0.2, 0) is 16.0 Å². The third kappa shape index (κ3) is 9.70. The lowest BCUT2D eigenvalue weighted by Gasteiger charge is -2.20. The lowest BCUT2D eigenvalue weighted by molar-refractivity contribution is -0.0987. The highest BCUT2D eigenvalue weighted by Gasteiger charge is 2.20. The van der Waals surface area contributed by atoms with E-state index in [4.69, 9.17) is 9.59 Å². The third-order valence-corrected chi connectivity index (χ3v) is 6.90. The molecule has 0 fully saturated rings. The SMILES string of the molecule is C=O.C=O.CNC(=O)NC(Cc1ccccc1)c1nccn1-c1ccc(-c2ccsc2)cc1.Cc1ccccc1C. The van der Waals surface area contributed by atoms with Crippen LogP contribution in [-0.4, -0.2) is 36.2 Å². The molecule has 2 aromatic heterocycles. The standard InChI is InChI=1S/C23H22N4OS.C8H10.2CH2O/c1-24-23(28)26-21(15-17-5-3-2-4-6-17)22-25-12-13-27(22)20-9-7-18(8-10-20)19-11-14-29-16-19;1-7-5-3-4-6-8(7)2;2*1-2/h2-14,16,21H,15H2,1H3,(H2,24,26,28);3-6H,1-2H3;2*1H2. The number of benzene rings is 3. The first-order valence-corrected chi connectivity index (χ1v) is 13.8. The quantitative estimate of drug-likeness (QED) is 0.237. The molecule has 5 aromatic rings. The van der Waals surface area contributed by atoms with Crippen LogP contribution in [0, 0.1) is 13.8 Å². The van der Waals surface area contributed by atoms with Crippen LogP contribution < -0.4 is 10.6 Å². The van der Waals surface area contributed by atoms with E-state index in [1.165, 1.54) is 22.3 Å². The van der Waals surface area contributed by atoms with Crippen molar-refractivity contribution in [2.45, 2.75) is 26.3 Å². The van der Waals surface area contributed by atoms with Crippen LogP contribution in [0.5, 0.6) is 0 Å². The van der Waals surface area contributed by atoms with Crippen molar-refractivity contribution in [1.29, 1.82) is 0 Å². The van der Waals surface area contributed by atoms with Crippen molar-refractivity contribution in [3.63, 3.8) is 0 Å². The van der Waals surface area contributed by atoms with Crippen molar-refractivity contribution in [1.82, 2.24) is 20.2 Å². The molecule has 212 valence electrons. The number of hydrogen-bond donors (Lipinski definition) is 2. The molecule has 0 aliphatic carbocycles. The molecule has 3 aromatic carbocycles. The zero-order valence-corrected chi connectivity index (χ0v) is 24.4. The van der Waals surface area contributed by atoms with E-state index in [0.717, 1.165) is 17.1 Å². The second kappa shape index (κ2) is 17.7. The van der Waals surface area contributed by atoms with E-state index in [1.54, 1.807) is 24.6 Å². The van der Waals surface area contributed by atoms with Gasteiger partial charge in [-0.25, -0.2) is 9.78 Å². The van der Waals surface area contributed by atoms with Crippen LogP contribution in [0.25, 0.3) is 16.8 Å². The number of aromatic nitrogens is 2. The molecule has 2 N–H and O–H groups in total. The van der Waals surface area contributed by atoms with Crippen LogP contribution in [0.3, 0.4) is 0 Å². The van der Waals surface area contributed by atoms with Crippen LogP contribution in [0.4, 0.5) is 4.79 Å². The minimum atomic E-state index is -0.260. The summed E-state index contributed by atoms with van der Waals surface area (Å²) in [6.07, 6.45) is 4.35. The molecule has 7 nitrogen and oxygen atoms in total. The van der Waals surface area contributed by atoms with E-state index >= 15 is 0 Å². The smallest absolute Gasteiger partial charge is 0.315 e. The number of imidazole rings is 1. The zero-order chi connectivity index (χ0) is 30.0. The van der Waals surface area contributed by atoms with Gasteiger partial charge in [0.05, 0.1) is 6.04 Å².